The van der Waals surface area contributed by atoms with Gasteiger partial charge in [-0.2, -0.15) is 0 Å². The maximum absolute atomic E-state index is 12.1. The first kappa shape index (κ1) is 13.8. The molecule has 1 fully saturated rings. The Kier molecular flexibility index (Phi) is 3.26. The van der Waals surface area contributed by atoms with Gasteiger partial charge in [-0.25, -0.2) is 10.8 Å². The predicted octanol–water partition coefficient (Wildman–Crippen LogP) is 1.78. The van der Waals surface area contributed by atoms with E-state index >= 15 is 0 Å². The summed E-state index contributed by atoms with van der Waals surface area (Å²) in [4.78, 5) is 16.0. The van der Waals surface area contributed by atoms with Crippen molar-refractivity contribution in [3.63, 3.8) is 0 Å². The van der Waals surface area contributed by atoms with Crippen LogP contribution in [0.25, 0.3) is 0 Å². The van der Waals surface area contributed by atoms with Crippen LogP contribution in [0.2, 0.25) is 0 Å². The summed E-state index contributed by atoms with van der Waals surface area (Å²) in [6.07, 6.45) is 1.56. The molecule has 0 spiro atoms. The minimum atomic E-state index is -0.0857. The van der Waals surface area contributed by atoms with E-state index in [9.17, 15) is 4.79 Å². The van der Waals surface area contributed by atoms with Gasteiger partial charge < -0.3 is 10.7 Å². The highest BCUT2D eigenvalue weighted by atomic mass is 16.1. The monoisotopic (exact) mass is 262 g/mol. The molecule has 1 aliphatic rings. The van der Waals surface area contributed by atoms with Gasteiger partial charge in [0.1, 0.15) is 5.82 Å². The molecule has 2 rings (SSSR count). The summed E-state index contributed by atoms with van der Waals surface area (Å²) in [5, 5.41) is 2.99. The molecule has 5 nitrogen and oxygen atoms in total. The van der Waals surface area contributed by atoms with Crippen molar-refractivity contribution in [3.05, 3.63) is 23.9 Å². The van der Waals surface area contributed by atoms with Crippen molar-refractivity contribution in [3.8, 4) is 0 Å². The number of nitrogens with two attached hydrogens (primary N) is 1. The number of anilines is 1. The third kappa shape index (κ3) is 2.30. The topological polar surface area (TPSA) is 80.0 Å². The highest BCUT2D eigenvalue weighted by Gasteiger charge is 2.64. The molecule has 4 N–H and O–H groups in total. The number of aromatic nitrogens is 1. The molecule has 1 aromatic rings. The van der Waals surface area contributed by atoms with E-state index in [0.717, 1.165) is 0 Å². The van der Waals surface area contributed by atoms with Crippen LogP contribution in [-0.4, -0.2) is 17.4 Å². The number of amides is 1. The fourth-order valence-electron chi connectivity index (χ4n) is 2.79. The van der Waals surface area contributed by atoms with Crippen LogP contribution in [0.1, 0.15) is 38.1 Å². The summed E-state index contributed by atoms with van der Waals surface area (Å²) >= 11 is 0. The number of hydrogen-bond acceptors (Lipinski definition) is 4. The molecule has 0 bridgehead atoms. The molecule has 0 aromatic carbocycles. The first-order valence-corrected chi connectivity index (χ1v) is 6.51. The lowest BCUT2D eigenvalue weighted by Gasteiger charge is -2.07. The number of rotatable bonds is 4. The van der Waals surface area contributed by atoms with Crippen molar-refractivity contribution >= 4 is 11.7 Å². The molecule has 104 valence electrons. The Morgan fingerprint density at radius 2 is 2.00 bits per heavy atom. The fourth-order valence-corrected chi connectivity index (χ4v) is 2.79. The molecule has 0 unspecified atom stereocenters. The smallest absolute Gasteiger partial charge is 0.251 e. The van der Waals surface area contributed by atoms with Gasteiger partial charge in [0, 0.05) is 18.3 Å². The summed E-state index contributed by atoms with van der Waals surface area (Å²) in [6, 6.07) is 3.32. The highest BCUT2D eigenvalue weighted by Crippen LogP contribution is 2.67. The molecule has 0 aliphatic heterocycles. The number of nitrogen functional groups attached to an aromatic ring is 1. The van der Waals surface area contributed by atoms with Crippen molar-refractivity contribution in [2.24, 2.45) is 22.6 Å². The van der Waals surface area contributed by atoms with Gasteiger partial charge in [0.15, 0.2) is 0 Å². The average molecular weight is 262 g/mol. The number of hydrogen-bond donors (Lipinski definition) is 3. The molecular weight excluding hydrogens is 240 g/mol. The van der Waals surface area contributed by atoms with Crippen molar-refractivity contribution in [1.29, 1.82) is 0 Å². The van der Waals surface area contributed by atoms with Crippen molar-refractivity contribution in [2.45, 2.75) is 27.7 Å². The number of carbonyl (C=O) groups excluding carboxylic acids is 1. The van der Waals surface area contributed by atoms with Gasteiger partial charge in [-0.05, 0) is 28.9 Å². The van der Waals surface area contributed by atoms with E-state index in [4.69, 9.17) is 5.84 Å². The van der Waals surface area contributed by atoms with Gasteiger partial charge in [-0.1, -0.05) is 27.7 Å². The highest BCUT2D eigenvalue weighted by molar-refractivity contribution is 5.94. The zero-order valence-electron chi connectivity index (χ0n) is 11.9. The number of carbonyl (C=O) groups is 1. The van der Waals surface area contributed by atoms with Crippen LogP contribution >= 0.6 is 0 Å². The van der Waals surface area contributed by atoms with Crippen LogP contribution in [0, 0.1) is 16.7 Å². The maximum Gasteiger partial charge on any atom is 0.251 e. The molecule has 0 radical (unpaired) electrons. The van der Waals surface area contributed by atoms with Gasteiger partial charge in [-0.15, -0.1) is 0 Å². The number of nitrogens with one attached hydrogen (secondary N) is 2. The van der Waals surface area contributed by atoms with E-state index in [0.29, 0.717) is 23.8 Å². The van der Waals surface area contributed by atoms with Gasteiger partial charge in [0.2, 0.25) is 0 Å². The summed E-state index contributed by atoms with van der Waals surface area (Å²) in [5.41, 5.74) is 3.56. The Labute approximate surface area is 114 Å². The van der Waals surface area contributed by atoms with Crippen LogP contribution < -0.4 is 16.6 Å². The first-order chi connectivity index (χ1) is 8.80. The molecule has 1 aromatic heterocycles. The van der Waals surface area contributed by atoms with Crippen LogP contribution in [0.4, 0.5) is 5.82 Å². The van der Waals surface area contributed by atoms with Crippen molar-refractivity contribution in [1.82, 2.24) is 10.3 Å². The van der Waals surface area contributed by atoms with Crippen LogP contribution in [0.15, 0.2) is 18.3 Å². The number of nitrogens with zero attached hydrogens (tertiary/aromatic N) is 1. The summed E-state index contributed by atoms with van der Waals surface area (Å²) in [5.74, 6) is 6.19. The third-order valence-electron chi connectivity index (χ3n) is 4.96. The lowest BCUT2D eigenvalue weighted by atomic mass is 10.0. The van der Waals surface area contributed by atoms with Crippen molar-refractivity contribution in [2.75, 3.05) is 12.0 Å². The average Bonchev–Trinajstić information content (AvgIpc) is 2.77. The van der Waals surface area contributed by atoms with Crippen LogP contribution in [0.3, 0.4) is 0 Å². The number of hydrazine groups is 1. The molecule has 0 atom stereocenters. The second-order valence-corrected chi connectivity index (χ2v) is 6.28. The molecular formula is C14H22N4O. The molecule has 1 heterocycles. The molecule has 19 heavy (non-hydrogen) atoms. The Balaban J connectivity index is 1.96. The lowest BCUT2D eigenvalue weighted by Crippen LogP contribution is -2.27. The SMILES string of the molecule is CC1(C)C(CNC(=O)c2ccnc(NN)c2)C1(C)C. The zero-order valence-corrected chi connectivity index (χ0v) is 11.9. The largest absolute Gasteiger partial charge is 0.352 e. The van der Waals surface area contributed by atoms with E-state index in [1.54, 1.807) is 18.3 Å². The summed E-state index contributed by atoms with van der Waals surface area (Å²) < 4.78 is 0. The summed E-state index contributed by atoms with van der Waals surface area (Å²) in [7, 11) is 0. The van der Waals surface area contributed by atoms with Gasteiger partial charge in [-0.3, -0.25) is 4.79 Å². The molecule has 0 saturated heterocycles. The Morgan fingerprint density at radius 1 is 1.37 bits per heavy atom. The van der Waals surface area contributed by atoms with E-state index < -0.39 is 0 Å². The third-order valence-corrected chi connectivity index (χ3v) is 4.96. The Bertz CT molecular complexity index is 482. The van der Waals surface area contributed by atoms with Gasteiger partial charge in [0.05, 0.1) is 0 Å². The number of pyridine rings is 1. The predicted molar refractivity (Wildman–Crippen MR) is 75.4 cm³/mol. The van der Waals surface area contributed by atoms with E-state index in [2.05, 4.69) is 43.4 Å². The zero-order chi connectivity index (χ0) is 14.3. The van der Waals surface area contributed by atoms with Crippen LogP contribution in [0.5, 0.6) is 0 Å². The molecule has 1 aliphatic carbocycles. The van der Waals surface area contributed by atoms with E-state index in [-0.39, 0.29) is 16.7 Å². The molecule has 1 amide bonds. The molecule has 1 saturated carbocycles. The Morgan fingerprint density at radius 3 is 2.53 bits per heavy atom. The standard InChI is InChI=1S/C14H22N4O/c1-13(2)10(14(13,3)4)8-17-12(19)9-5-6-16-11(7-9)18-15/h5-7,10H,8,15H2,1-4H3,(H,16,18)(H,17,19). The minimum absolute atomic E-state index is 0.0857. The quantitative estimate of drug-likeness (QED) is 0.571. The van der Waals surface area contributed by atoms with Gasteiger partial charge >= 0.3 is 0 Å². The second kappa shape index (κ2) is 4.49. The van der Waals surface area contributed by atoms with Crippen molar-refractivity contribution < 1.29 is 4.79 Å². The fraction of sp³-hybridized carbons (Fsp3) is 0.571. The van der Waals surface area contributed by atoms with E-state index in [1.807, 2.05) is 0 Å². The second-order valence-electron chi connectivity index (χ2n) is 6.28. The molecule has 5 heteroatoms. The maximum atomic E-state index is 12.1. The van der Waals surface area contributed by atoms with E-state index in [1.165, 1.54) is 0 Å². The summed E-state index contributed by atoms with van der Waals surface area (Å²) in [6.45, 7) is 9.67. The normalized spacial score (nSPS) is 19.8. The van der Waals surface area contributed by atoms with Gasteiger partial charge in [0.25, 0.3) is 5.91 Å². The first-order valence-electron chi connectivity index (χ1n) is 6.51. The minimum Gasteiger partial charge on any atom is -0.352 e. The Hall–Kier alpha value is -1.62. The lowest BCUT2D eigenvalue weighted by molar-refractivity contribution is 0.0950. The van der Waals surface area contributed by atoms with Crippen LogP contribution in [-0.2, 0) is 0 Å².